The molecule has 0 N–H and O–H groups in total. The van der Waals surface area contributed by atoms with Crippen LogP contribution in [0.5, 0.6) is 0 Å². The zero-order chi connectivity index (χ0) is 14.4. The molecule has 0 fully saturated rings. The van der Waals surface area contributed by atoms with Crippen molar-refractivity contribution in [2.24, 2.45) is 0 Å². The van der Waals surface area contributed by atoms with Gasteiger partial charge in [0.1, 0.15) is 0 Å². The molecule has 2 aromatic rings. The van der Waals surface area contributed by atoms with Crippen molar-refractivity contribution in [2.75, 3.05) is 38.0 Å². The van der Waals surface area contributed by atoms with Gasteiger partial charge in [0.15, 0.2) is 5.78 Å². The maximum atomic E-state index is 12.4. The van der Waals surface area contributed by atoms with E-state index in [4.69, 9.17) is 0 Å². The van der Waals surface area contributed by atoms with Crippen LogP contribution in [0.1, 0.15) is 15.9 Å². The van der Waals surface area contributed by atoms with Crippen molar-refractivity contribution in [3.05, 3.63) is 47.5 Å². The van der Waals surface area contributed by atoms with E-state index >= 15 is 0 Å². The van der Waals surface area contributed by atoms with Crippen LogP contribution in [0.2, 0.25) is 0 Å². The molecule has 0 saturated carbocycles. The lowest BCUT2D eigenvalue weighted by Crippen LogP contribution is -2.09. The molecule has 110 valence electrons. The molecule has 0 bridgehead atoms. The highest BCUT2D eigenvalue weighted by molar-refractivity contribution is 14.0. The van der Waals surface area contributed by atoms with Crippen molar-refractivity contribution in [1.29, 1.82) is 0 Å². The highest BCUT2D eigenvalue weighted by Gasteiger charge is 2.27. The minimum atomic E-state index is 0. The Morgan fingerprint density at radius 3 is 1.38 bits per heavy atom. The average Bonchev–Trinajstić information content (AvgIpc) is 2.71. The maximum Gasteiger partial charge on any atom is 0.194 e. The summed E-state index contributed by atoms with van der Waals surface area (Å²) in [6.07, 6.45) is 0. The topological polar surface area (TPSA) is 23.6 Å². The maximum absolute atomic E-state index is 12.4. The summed E-state index contributed by atoms with van der Waals surface area (Å²) in [5.74, 6) is 0.130. The first-order chi connectivity index (χ1) is 9.49. The van der Waals surface area contributed by atoms with Crippen LogP contribution < -0.4 is 9.80 Å². The summed E-state index contributed by atoms with van der Waals surface area (Å²) in [5, 5.41) is 0. The third kappa shape index (κ3) is 2.52. The molecule has 21 heavy (non-hydrogen) atoms. The van der Waals surface area contributed by atoms with Crippen molar-refractivity contribution >= 4 is 41.1 Å². The van der Waals surface area contributed by atoms with Gasteiger partial charge in [-0.1, -0.05) is 0 Å². The van der Waals surface area contributed by atoms with E-state index in [0.717, 1.165) is 33.6 Å². The molecule has 0 aromatic heterocycles. The second-order valence-corrected chi connectivity index (χ2v) is 5.58. The van der Waals surface area contributed by atoms with Gasteiger partial charge in [-0.15, -0.1) is 24.0 Å². The van der Waals surface area contributed by atoms with Crippen molar-refractivity contribution in [3.8, 4) is 11.1 Å². The molecule has 2 aromatic carbocycles. The number of fused-ring (bicyclic) bond motifs is 3. The molecule has 0 spiro atoms. The van der Waals surface area contributed by atoms with Gasteiger partial charge in [0, 0.05) is 50.7 Å². The Hall–Kier alpha value is -1.56. The number of carbonyl (C=O) groups excluding carboxylic acids is 1. The number of benzene rings is 2. The quantitative estimate of drug-likeness (QED) is 0.620. The fourth-order valence-corrected chi connectivity index (χ4v) is 2.61. The molecule has 1 aliphatic rings. The minimum Gasteiger partial charge on any atom is -0.378 e. The summed E-state index contributed by atoms with van der Waals surface area (Å²) in [5.41, 5.74) is 5.92. The lowest BCUT2D eigenvalue weighted by atomic mass is 10.0. The molecule has 0 unspecified atom stereocenters. The summed E-state index contributed by atoms with van der Waals surface area (Å²) in [6.45, 7) is 0. The smallest absolute Gasteiger partial charge is 0.194 e. The summed E-state index contributed by atoms with van der Waals surface area (Å²) < 4.78 is 0. The van der Waals surface area contributed by atoms with Crippen molar-refractivity contribution in [2.45, 2.75) is 0 Å². The Kier molecular flexibility index (Phi) is 4.27. The van der Waals surface area contributed by atoms with Crippen LogP contribution in [0.3, 0.4) is 0 Å². The van der Waals surface area contributed by atoms with Crippen molar-refractivity contribution in [1.82, 2.24) is 0 Å². The van der Waals surface area contributed by atoms with Gasteiger partial charge in [-0.25, -0.2) is 0 Å². The van der Waals surface area contributed by atoms with Gasteiger partial charge < -0.3 is 9.80 Å². The summed E-state index contributed by atoms with van der Waals surface area (Å²) >= 11 is 0. The number of rotatable bonds is 2. The van der Waals surface area contributed by atoms with Crippen molar-refractivity contribution in [3.63, 3.8) is 0 Å². The number of halogens is 1. The van der Waals surface area contributed by atoms with Crippen LogP contribution in [0.25, 0.3) is 11.1 Å². The summed E-state index contributed by atoms with van der Waals surface area (Å²) in [4.78, 5) is 16.5. The standard InChI is InChI=1S/C17H18N2O.HI/c1-18(2)11-5-7-13-15(9-11)16-10-12(19(3)4)6-8-14(16)17(13)20;/h5-10H,1-4H3;1H. The number of anilines is 2. The second-order valence-electron chi connectivity index (χ2n) is 5.58. The molecule has 0 aliphatic heterocycles. The molecule has 1 aliphatic carbocycles. The Labute approximate surface area is 142 Å². The van der Waals surface area contributed by atoms with Gasteiger partial charge in [-0.2, -0.15) is 0 Å². The molecule has 3 rings (SSSR count). The summed E-state index contributed by atoms with van der Waals surface area (Å²) in [7, 11) is 8.04. The first-order valence-corrected chi connectivity index (χ1v) is 6.67. The highest BCUT2D eigenvalue weighted by Crippen LogP contribution is 2.40. The third-order valence-corrected chi connectivity index (χ3v) is 3.82. The first kappa shape index (κ1) is 15.8. The van der Waals surface area contributed by atoms with Gasteiger partial charge >= 0.3 is 0 Å². The lowest BCUT2D eigenvalue weighted by molar-refractivity contribution is 0.104. The van der Waals surface area contributed by atoms with Gasteiger partial charge in [0.05, 0.1) is 0 Å². The Morgan fingerprint density at radius 1 is 0.667 bits per heavy atom. The third-order valence-electron chi connectivity index (χ3n) is 3.82. The molecule has 0 amide bonds. The van der Waals surface area contributed by atoms with Crippen LogP contribution in [-0.4, -0.2) is 34.0 Å². The van der Waals surface area contributed by atoms with E-state index in [1.165, 1.54) is 0 Å². The fourth-order valence-electron chi connectivity index (χ4n) is 2.61. The molecular weight excluding hydrogens is 375 g/mol. The van der Waals surface area contributed by atoms with E-state index in [1.54, 1.807) is 0 Å². The molecular formula is C17H19IN2O. The van der Waals surface area contributed by atoms with Crippen LogP contribution in [0.15, 0.2) is 36.4 Å². The average molecular weight is 394 g/mol. The van der Waals surface area contributed by atoms with Crippen LogP contribution in [-0.2, 0) is 0 Å². The predicted molar refractivity (Wildman–Crippen MR) is 99.4 cm³/mol. The van der Waals surface area contributed by atoms with Gasteiger partial charge in [0.2, 0.25) is 0 Å². The van der Waals surface area contributed by atoms with E-state index in [2.05, 4.69) is 21.9 Å². The number of hydrogen-bond acceptors (Lipinski definition) is 3. The predicted octanol–water partition coefficient (Wildman–Crippen LogP) is 3.65. The number of hydrogen-bond donors (Lipinski definition) is 0. The highest BCUT2D eigenvalue weighted by atomic mass is 127. The lowest BCUT2D eigenvalue weighted by Gasteiger charge is -2.15. The number of nitrogens with zero attached hydrogens (tertiary/aromatic N) is 2. The van der Waals surface area contributed by atoms with E-state index in [9.17, 15) is 4.79 Å². The Balaban J connectivity index is 0.00000161. The molecule has 0 saturated heterocycles. The SMILES string of the molecule is CN(C)c1ccc2c(c1)-c1cc(N(C)C)ccc1C2=O.I. The van der Waals surface area contributed by atoms with Gasteiger partial charge in [0.25, 0.3) is 0 Å². The monoisotopic (exact) mass is 394 g/mol. The largest absolute Gasteiger partial charge is 0.378 e. The molecule has 0 heterocycles. The molecule has 4 heteroatoms. The molecule has 0 radical (unpaired) electrons. The van der Waals surface area contributed by atoms with Crippen molar-refractivity contribution < 1.29 is 4.79 Å². The van der Waals surface area contributed by atoms with Gasteiger partial charge in [-0.3, -0.25) is 4.79 Å². The van der Waals surface area contributed by atoms with E-state index in [1.807, 2.05) is 52.5 Å². The van der Waals surface area contributed by atoms with E-state index < -0.39 is 0 Å². The Bertz CT molecular complexity index is 648. The first-order valence-electron chi connectivity index (χ1n) is 6.67. The van der Waals surface area contributed by atoms with E-state index in [0.29, 0.717) is 0 Å². The van der Waals surface area contributed by atoms with Crippen LogP contribution in [0.4, 0.5) is 11.4 Å². The zero-order valence-electron chi connectivity index (χ0n) is 12.7. The molecule has 0 atom stereocenters. The van der Waals surface area contributed by atoms with Gasteiger partial charge in [-0.05, 0) is 47.5 Å². The minimum absolute atomic E-state index is 0. The van der Waals surface area contributed by atoms with E-state index in [-0.39, 0.29) is 29.8 Å². The van der Waals surface area contributed by atoms with Crippen LogP contribution >= 0.6 is 24.0 Å². The second kappa shape index (κ2) is 5.67. The zero-order valence-corrected chi connectivity index (χ0v) is 15.0. The van der Waals surface area contributed by atoms with Crippen LogP contribution in [0, 0.1) is 0 Å². The number of carbonyl (C=O) groups is 1. The Morgan fingerprint density at radius 2 is 1.05 bits per heavy atom. The molecule has 3 nitrogen and oxygen atoms in total. The fraction of sp³-hybridized carbons (Fsp3) is 0.235. The number of ketones is 1. The normalized spacial score (nSPS) is 11.5. The summed E-state index contributed by atoms with van der Waals surface area (Å²) in [6, 6.07) is 12.0.